The maximum atomic E-state index is 6.42. The lowest BCUT2D eigenvalue weighted by molar-refractivity contribution is -0.00201. The quantitative estimate of drug-likeness (QED) is 0.907. The molecule has 2 aliphatic heterocycles. The third-order valence-electron chi connectivity index (χ3n) is 3.90. The normalized spacial score (nSPS) is 27.3. The summed E-state index contributed by atoms with van der Waals surface area (Å²) in [6.07, 6.45) is 2.04. The van der Waals surface area contributed by atoms with Gasteiger partial charge < -0.3 is 19.9 Å². The molecule has 2 N–H and O–H groups in total. The number of nitrogens with two attached hydrogens (primary N) is 1. The van der Waals surface area contributed by atoms with Crippen molar-refractivity contribution in [3.8, 4) is 11.5 Å². The average Bonchev–Trinajstić information content (AvgIpc) is 2.85. The highest BCUT2D eigenvalue weighted by Crippen LogP contribution is 2.42. The summed E-state index contributed by atoms with van der Waals surface area (Å²) >= 11 is 3.58. The standard InChI is InChI=1S/C14H18BrNO3/c1-14(3-2-4-19-14)13(16)9-7-11-12(8-10(9)15)18-6-5-17-11/h7-8,13H,2-6,16H2,1H3. The highest BCUT2D eigenvalue weighted by atomic mass is 79.9. The van der Waals surface area contributed by atoms with Gasteiger partial charge in [-0.1, -0.05) is 15.9 Å². The van der Waals surface area contributed by atoms with Crippen LogP contribution in [0.15, 0.2) is 16.6 Å². The summed E-state index contributed by atoms with van der Waals surface area (Å²) in [6.45, 7) is 4.03. The minimum Gasteiger partial charge on any atom is -0.486 e. The molecule has 2 unspecified atom stereocenters. The molecule has 1 fully saturated rings. The summed E-state index contributed by atoms with van der Waals surface area (Å²) in [5.41, 5.74) is 7.13. The first-order chi connectivity index (χ1) is 9.10. The number of hydrogen-bond donors (Lipinski definition) is 1. The molecule has 19 heavy (non-hydrogen) atoms. The lowest BCUT2D eigenvalue weighted by atomic mass is 9.88. The van der Waals surface area contributed by atoms with Gasteiger partial charge in [0.1, 0.15) is 13.2 Å². The Morgan fingerprint density at radius 2 is 1.89 bits per heavy atom. The average molecular weight is 328 g/mol. The fourth-order valence-electron chi connectivity index (χ4n) is 2.69. The largest absolute Gasteiger partial charge is 0.486 e. The van der Waals surface area contributed by atoms with Crippen LogP contribution in [0.3, 0.4) is 0 Å². The topological polar surface area (TPSA) is 53.7 Å². The predicted octanol–water partition coefficient (Wildman–Crippen LogP) is 2.79. The minimum absolute atomic E-state index is 0.180. The molecule has 0 aliphatic carbocycles. The van der Waals surface area contributed by atoms with Crippen LogP contribution >= 0.6 is 15.9 Å². The van der Waals surface area contributed by atoms with E-state index < -0.39 is 0 Å². The van der Waals surface area contributed by atoms with Crippen LogP contribution < -0.4 is 15.2 Å². The van der Waals surface area contributed by atoms with Gasteiger partial charge in [-0.05, 0) is 37.5 Å². The van der Waals surface area contributed by atoms with Gasteiger partial charge in [0.25, 0.3) is 0 Å². The molecule has 1 aromatic rings. The minimum atomic E-state index is -0.299. The van der Waals surface area contributed by atoms with Crippen LogP contribution in [0, 0.1) is 0 Å². The van der Waals surface area contributed by atoms with Crippen LogP contribution in [-0.2, 0) is 4.74 Å². The lowest BCUT2D eigenvalue weighted by Crippen LogP contribution is -2.38. The molecule has 3 rings (SSSR count). The van der Waals surface area contributed by atoms with Gasteiger partial charge in [0.05, 0.1) is 11.6 Å². The third-order valence-corrected chi connectivity index (χ3v) is 4.59. The van der Waals surface area contributed by atoms with E-state index in [0.717, 1.165) is 41.0 Å². The summed E-state index contributed by atoms with van der Waals surface area (Å²) in [5.74, 6) is 1.54. The second-order valence-electron chi connectivity index (χ2n) is 5.26. The first kappa shape index (κ1) is 13.2. The molecule has 0 spiro atoms. The van der Waals surface area contributed by atoms with E-state index in [1.54, 1.807) is 0 Å². The van der Waals surface area contributed by atoms with E-state index in [9.17, 15) is 0 Å². The Labute approximate surface area is 121 Å². The van der Waals surface area contributed by atoms with Gasteiger partial charge in [-0.15, -0.1) is 0 Å². The lowest BCUT2D eigenvalue weighted by Gasteiger charge is -2.32. The van der Waals surface area contributed by atoms with E-state index in [1.807, 2.05) is 12.1 Å². The molecule has 0 radical (unpaired) electrons. The van der Waals surface area contributed by atoms with Gasteiger partial charge in [0, 0.05) is 11.1 Å². The summed E-state index contributed by atoms with van der Waals surface area (Å²) in [4.78, 5) is 0. The second-order valence-corrected chi connectivity index (χ2v) is 6.11. The summed E-state index contributed by atoms with van der Waals surface area (Å²) < 4.78 is 18.0. The fraction of sp³-hybridized carbons (Fsp3) is 0.571. The Morgan fingerprint density at radius 1 is 1.21 bits per heavy atom. The van der Waals surface area contributed by atoms with Crippen molar-refractivity contribution in [2.75, 3.05) is 19.8 Å². The fourth-order valence-corrected chi connectivity index (χ4v) is 3.26. The maximum Gasteiger partial charge on any atom is 0.162 e. The Hall–Kier alpha value is -0.780. The zero-order valence-electron chi connectivity index (χ0n) is 10.9. The predicted molar refractivity (Wildman–Crippen MR) is 75.7 cm³/mol. The molecule has 0 aromatic heterocycles. The Balaban J connectivity index is 1.95. The number of rotatable bonds is 2. The van der Waals surface area contributed by atoms with Crippen LogP contribution in [-0.4, -0.2) is 25.4 Å². The SMILES string of the molecule is CC1(C(N)c2cc3c(cc2Br)OCCO3)CCCO1. The number of benzene rings is 1. The van der Waals surface area contributed by atoms with Crippen molar-refractivity contribution in [3.63, 3.8) is 0 Å². The van der Waals surface area contributed by atoms with Crippen molar-refractivity contribution in [1.82, 2.24) is 0 Å². The zero-order valence-corrected chi connectivity index (χ0v) is 12.5. The van der Waals surface area contributed by atoms with E-state index in [0.29, 0.717) is 13.2 Å². The van der Waals surface area contributed by atoms with Crippen LogP contribution in [0.25, 0.3) is 0 Å². The van der Waals surface area contributed by atoms with Crippen molar-refractivity contribution in [3.05, 3.63) is 22.2 Å². The Bertz CT molecular complexity index is 486. The Kier molecular flexibility index (Phi) is 3.45. The van der Waals surface area contributed by atoms with Crippen molar-refractivity contribution >= 4 is 15.9 Å². The van der Waals surface area contributed by atoms with Gasteiger partial charge in [-0.3, -0.25) is 0 Å². The number of fused-ring (bicyclic) bond motifs is 1. The molecule has 2 aliphatic rings. The first-order valence-corrected chi connectivity index (χ1v) is 7.38. The second kappa shape index (κ2) is 4.96. The van der Waals surface area contributed by atoms with Crippen LogP contribution in [0.1, 0.15) is 31.4 Å². The van der Waals surface area contributed by atoms with E-state index in [2.05, 4.69) is 22.9 Å². The van der Waals surface area contributed by atoms with Gasteiger partial charge in [-0.2, -0.15) is 0 Å². The molecule has 0 amide bonds. The van der Waals surface area contributed by atoms with Crippen molar-refractivity contribution in [2.45, 2.75) is 31.4 Å². The number of ether oxygens (including phenoxy) is 3. The molecule has 2 heterocycles. The van der Waals surface area contributed by atoms with Gasteiger partial charge >= 0.3 is 0 Å². The molecule has 1 saturated heterocycles. The summed E-state index contributed by atoms with van der Waals surface area (Å²) in [6, 6.07) is 3.72. The van der Waals surface area contributed by atoms with Crippen molar-refractivity contribution in [2.24, 2.45) is 5.73 Å². The molecular weight excluding hydrogens is 310 g/mol. The monoisotopic (exact) mass is 327 g/mol. The number of hydrogen-bond acceptors (Lipinski definition) is 4. The molecule has 5 heteroatoms. The molecule has 0 bridgehead atoms. The van der Waals surface area contributed by atoms with Crippen molar-refractivity contribution < 1.29 is 14.2 Å². The number of halogens is 1. The van der Waals surface area contributed by atoms with Gasteiger partial charge in [-0.25, -0.2) is 0 Å². The van der Waals surface area contributed by atoms with Gasteiger partial charge in [0.15, 0.2) is 11.5 Å². The molecule has 2 atom stereocenters. The Morgan fingerprint density at radius 3 is 2.53 bits per heavy atom. The van der Waals surface area contributed by atoms with Crippen LogP contribution in [0.5, 0.6) is 11.5 Å². The third kappa shape index (κ3) is 2.35. The molecule has 1 aromatic carbocycles. The molecular formula is C14H18BrNO3. The van der Waals surface area contributed by atoms with E-state index in [1.165, 1.54) is 0 Å². The molecule has 4 nitrogen and oxygen atoms in total. The van der Waals surface area contributed by atoms with E-state index in [4.69, 9.17) is 19.9 Å². The van der Waals surface area contributed by atoms with Crippen LogP contribution in [0.2, 0.25) is 0 Å². The molecule has 104 valence electrons. The summed E-state index contributed by atoms with van der Waals surface area (Å²) in [7, 11) is 0. The van der Waals surface area contributed by atoms with E-state index in [-0.39, 0.29) is 11.6 Å². The highest BCUT2D eigenvalue weighted by Gasteiger charge is 2.38. The van der Waals surface area contributed by atoms with Crippen molar-refractivity contribution in [1.29, 1.82) is 0 Å². The maximum absolute atomic E-state index is 6.42. The van der Waals surface area contributed by atoms with Crippen LogP contribution in [0.4, 0.5) is 0 Å². The first-order valence-electron chi connectivity index (χ1n) is 6.59. The van der Waals surface area contributed by atoms with E-state index >= 15 is 0 Å². The highest BCUT2D eigenvalue weighted by molar-refractivity contribution is 9.10. The molecule has 0 saturated carbocycles. The smallest absolute Gasteiger partial charge is 0.162 e. The zero-order chi connectivity index (χ0) is 13.5. The van der Waals surface area contributed by atoms with Gasteiger partial charge in [0.2, 0.25) is 0 Å². The summed E-state index contributed by atoms with van der Waals surface area (Å²) in [5, 5.41) is 0.